The third-order valence-corrected chi connectivity index (χ3v) is 3.15. The molecule has 0 aliphatic carbocycles. The van der Waals surface area contributed by atoms with Crippen molar-refractivity contribution in [2.24, 2.45) is 5.92 Å². The van der Waals surface area contributed by atoms with Gasteiger partial charge in [0.05, 0.1) is 24.7 Å². The predicted octanol–water partition coefficient (Wildman–Crippen LogP) is 1.90. The first-order valence-corrected chi connectivity index (χ1v) is 5.63. The number of rotatable bonds is 4. The van der Waals surface area contributed by atoms with E-state index < -0.39 is 0 Å². The lowest BCUT2D eigenvalue weighted by Gasteiger charge is -2.16. The van der Waals surface area contributed by atoms with Gasteiger partial charge in [0.25, 0.3) is 0 Å². The van der Waals surface area contributed by atoms with Crippen molar-refractivity contribution >= 4 is 5.97 Å². The van der Waals surface area contributed by atoms with Gasteiger partial charge >= 0.3 is 5.97 Å². The lowest BCUT2D eigenvalue weighted by Crippen LogP contribution is -2.27. The molecule has 0 spiro atoms. The Labute approximate surface area is 84.8 Å². The molecular weight excluding hydrogens is 180 g/mol. The highest BCUT2D eigenvalue weighted by molar-refractivity contribution is 5.73. The van der Waals surface area contributed by atoms with Crippen molar-refractivity contribution in [2.45, 2.75) is 51.2 Å². The van der Waals surface area contributed by atoms with E-state index in [4.69, 9.17) is 9.47 Å². The number of ether oxygens (including phenoxy) is 2. The molecule has 3 nitrogen and oxygen atoms in total. The smallest absolute Gasteiger partial charge is 0.311 e. The van der Waals surface area contributed by atoms with Crippen LogP contribution in [0.25, 0.3) is 0 Å². The van der Waals surface area contributed by atoms with Crippen molar-refractivity contribution in [1.29, 1.82) is 0 Å². The number of carbonyl (C=O) groups excluding carboxylic acids is 1. The molecule has 0 N–H and O–H groups in total. The summed E-state index contributed by atoms with van der Waals surface area (Å²) in [5.74, 6) is -0.00347. The van der Waals surface area contributed by atoms with Crippen LogP contribution in [0.15, 0.2) is 0 Å². The maximum Gasteiger partial charge on any atom is 0.311 e. The van der Waals surface area contributed by atoms with Gasteiger partial charge in [0, 0.05) is 0 Å². The summed E-state index contributed by atoms with van der Waals surface area (Å²) in [6.07, 6.45) is 5.59. The van der Waals surface area contributed by atoms with Crippen molar-refractivity contribution in [3.63, 3.8) is 0 Å². The molecule has 14 heavy (non-hydrogen) atoms. The molecule has 0 amide bonds. The van der Waals surface area contributed by atoms with Crippen LogP contribution in [0.2, 0.25) is 0 Å². The van der Waals surface area contributed by atoms with E-state index in [-0.39, 0.29) is 18.0 Å². The van der Waals surface area contributed by atoms with Crippen LogP contribution in [-0.2, 0) is 14.3 Å². The minimum absolute atomic E-state index is 0.0330. The highest BCUT2D eigenvalue weighted by atomic mass is 16.5. The second-order valence-corrected chi connectivity index (χ2v) is 4.24. The molecule has 0 aromatic carbocycles. The zero-order chi connectivity index (χ0) is 9.97. The second-order valence-electron chi connectivity index (χ2n) is 4.24. The Morgan fingerprint density at radius 2 is 2.36 bits per heavy atom. The Morgan fingerprint density at radius 1 is 1.50 bits per heavy atom. The molecule has 2 saturated heterocycles. The Bertz CT molecular complexity index is 215. The highest BCUT2D eigenvalue weighted by Crippen LogP contribution is 2.39. The van der Waals surface area contributed by atoms with Gasteiger partial charge in [0.2, 0.25) is 0 Å². The number of unbranched alkanes of at least 4 members (excludes halogenated alkanes) is 1. The van der Waals surface area contributed by atoms with Gasteiger partial charge in [-0.25, -0.2) is 0 Å². The first-order valence-electron chi connectivity index (χ1n) is 5.63. The summed E-state index contributed by atoms with van der Waals surface area (Å²) in [7, 11) is 0. The maximum atomic E-state index is 11.6. The summed E-state index contributed by atoms with van der Waals surface area (Å²) in [5, 5.41) is 0. The largest absolute Gasteiger partial charge is 0.465 e. The van der Waals surface area contributed by atoms with Crippen molar-refractivity contribution < 1.29 is 14.3 Å². The molecular formula is C11H18O3. The van der Waals surface area contributed by atoms with E-state index in [0.717, 1.165) is 32.1 Å². The molecule has 2 rings (SSSR count). The van der Waals surface area contributed by atoms with Crippen molar-refractivity contribution in [3.8, 4) is 0 Å². The van der Waals surface area contributed by atoms with Crippen molar-refractivity contribution in [3.05, 3.63) is 0 Å². The highest BCUT2D eigenvalue weighted by Gasteiger charge is 2.45. The summed E-state index contributed by atoms with van der Waals surface area (Å²) >= 11 is 0. The van der Waals surface area contributed by atoms with Crippen LogP contribution in [0.4, 0.5) is 0 Å². The lowest BCUT2D eigenvalue weighted by atomic mass is 9.89. The van der Waals surface area contributed by atoms with E-state index in [1.54, 1.807) is 0 Å². The average Bonchev–Trinajstić information content (AvgIpc) is 2.79. The molecule has 0 unspecified atom stereocenters. The maximum absolute atomic E-state index is 11.6. The average molecular weight is 198 g/mol. The first kappa shape index (κ1) is 9.97. The Hall–Kier alpha value is -0.570. The van der Waals surface area contributed by atoms with Gasteiger partial charge in [-0.3, -0.25) is 4.79 Å². The van der Waals surface area contributed by atoms with Gasteiger partial charge in [-0.15, -0.1) is 0 Å². The van der Waals surface area contributed by atoms with E-state index in [1.165, 1.54) is 0 Å². The fraction of sp³-hybridized carbons (Fsp3) is 0.909. The van der Waals surface area contributed by atoms with Crippen molar-refractivity contribution in [2.75, 3.05) is 6.61 Å². The fourth-order valence-electron chi connectivity index (χ4n) is 2.31. The number of fused-ring (bicyclic) bond motifs is 2. The van der Waals surface area contributed by atoms with E-state index in [0.29, 0.717) is 12.7 Å². The van der Waals surface area contributed by atoms with Gasteiger partial charge < -0.3 is 9.47 Å². The molecule has 0 aromatic heterocycles. The second kappa shape index (κ2) is 4.30. The molecule has 2 fully saturated rings. The van der Waals surface area contributed by atoms with Crippen molar-refractivity contribution in [1.82, 2.24) is 0 Å². The predicted molar refractivity (Wildman–Crippen MR) is 51.9 cm³/mol. The van der Waals surface area contributed by atoms with Gasteiger partial charge in [0.1, 0.15) is 0 Å². The fourth-order valence-corrected chi connectivity index (χ4v) is 2.31. The molecule has 80 valence electrons. The SMILES string of the molecule is CCCCOC(=O)[C@H]1C[C@@H]2CC[C@H]1O2. The lowest BCUT2D eigenvalue weighted by molar-refractivity contribution is -0.150. The summed E-state index contributed by atoms with van der Waals surface area (Å²) < 4.78 is 10.8. The van der Waals surface area contributed by atoms with Crippen LogP contribution in [0.1, 0.15) is 39.0 Å². The zero-order valence-electron chi connectivity index (χ0n) is 8.70. The zero-order valence-corrected chi connectivity index (χ0v) is 8.70. The monoisotopic (exact) mass is 198 g/mol. The molecule has 2 bridgehead atoms. The summed E-state index contributed by atoms with van der Waals surface area (Å²) in [4.78, 5) is 11.6. The molecule has 2 aliphatic rings. The summed E-state index contributed by atoms with van der Waals surface area (Å²) in [6, 6.07) is 0. The number of hydrogen-bond donors (Lipinski definition) is 0. The normalized spacial score (nSPS) is 34.8. The van der Waals surface area contributed by atoms with Crippen LogP contribution in [-0.4, -0.2) is 24.8 Å². The van der Waals surface area contributed by atoms with E-state index in [2.05, 4.69) is 6.92 Å². The van der Waals surface area contributed by atoms with Crippen LogP contribution in [0.5, 0.6) is 0 Å². The summed E-state index contributed by atoms with van der Waals surface area (Å²) in [6.45, 7) is 2.66. The minimum atomic E-state index is -0.0364. The van der Waals surface area contributed by atoms with E-state index in [1.807, 2.05) is 0 Å². The molecule has 3 heteroatoms. The van der Waals surface area contributed by atoms with Gasteiger partial charge in [-0.05, 0) is 25.7 Å². The topological polar surface area (TPSA) is 35.5 Å². The molecule has 0 radical (unpaired) electrons. The molecule has 2 heterocycles. The van der Waals surface area contributed by atoms with Crippen LogP contribution >= 0.6 is 0 Å². The molecule has 2 aliphatic heterocycles. The quantitative estimate of drug-likeness (QED) is 0.511. The van der Waals surface area contributed by atoms with Gasteiger partial charge in [-0.1, -0.05) is 13.3 Å². The Balaban J connectivity index is 1.75. The van der Waals surface area contributed by atoms with Crippen LogP contribution in [0, 0.1) is 5.92 Å². The number of carbonyl (C=O) groups is 1. The summed E-state index contributed by atoms with van der Waals surface area (Å²) in [5.41, 5.74) is 0. The Morgan fingerprint density at radius 3 is 2.93 bits per heavy atom. The molecule has 3 atom stereocenters. The number of hydrogen-bond acceptors (Lipinski definition) is 3. The number of esters is 1. The Kier molecular flexibility index (Phi) is 3.06. The third kappa shape index (κ3) is 1.92. The van der Waals surface area contributed by atoms with Gasteiger partial charge in [-0.2, -0.15) is 0 Å². The third-order valence-electron chi connectivity index (χ3n) is 3.15. The standard InChI is InChI=1S/C11H18O3/c1-2-3-6-13-11(12)9-7-8-4-5-10(9)14-8/h8-10H,2-7H2,1H3/t8-,9-,10+/m0/s1. The van der Waals surface area contributed by atoms with E-state index >= 15 is 0 Å². The van der Waals surface area contributed by atoms with Crippen LogP contribution in [0.3, 0.4) is 0 Å². The molecule has 0 saturated carbocycles. The van der Waals surface area contributed by atoms with E-state index in [9.17, 15) is 4.79 Å². The van der Waals surface area contributed by atoms with Gasteiger partial charge in [0.15, 0.2) is 0 Å². The minimum Gasteiger partial charge on any atom is -0.465 e. The molecule has 0 aromatic rings. The van der Waals surface area contributed by atoms with Crippen LogP contribution < -0.4 is 0 Å². The first-order chi connectivity index (χ1) is 6.81.